The Bertz CT molecular complexity index is 1300. The minimum absolute atomic E-state index is 0.0487. The molecule has 1 aliphatic heterocycles. The number of azo groups is 1. The van der Waals surface area contributed by atoms with Crippen molar-refractivity contribution in [1.82, 2.24) is 4.90 Å². The van der Waals surface area contributed by atoms with Gasteiger partial charge in [0.25, 0.3) is 11.8 Å². The van der Waals surface area contributed by atoms with Gasteiger partial charge in [-0.25, -0.2) is 4.79 Å². The van der Waals surface area contributed by atoms with Gasteiger partial charge in [0.2, 0.25) is 5.78 Å². The smallest absolute Gasteiger partial charge is 0.335 e. The van der Waals surface area contributed by atoms with E-state index < -0.39 is 29.6 Å². The molecule has 10 heteroatoms. The van der Waals surface area contributed by atoms with Crippen molar-refractivity contribution in [2.75, 3.05) is 20.8 Å². The zero-order valence-corrected chi connectivity index (χ0v) is 18.7. The Morgan fingerprint density at radius 2 is 1.79 bits per heavy atom. The van der Waals surface area contributed by atoms with Crippen LogP contribution in [0.3, 0.4) is 0 Å². The molecule has 0 bridgehead atoms. The summed E-state index contributed by atoms with van der Waals surface area (Å²) in [4.78, 5) is 51.5. The Morgan fingerprint density at radius 3 is 2.44 bits per heavy atom. The number of benzene rings is 2. The van der Waals surface area contributed by atoms with Crippen LogP contribution in [0.2, 0.25) is 0 Å². The third kappa shape index (κ3) is 3.57. The number of amides is 2. The van der Waals surface area contributed by atoms with Crippen LogP contribution >= 0.6 is 0 Å². The van der Waals surface area contributed by atoms with Crippen LogP contribution in [-0.2, 0) is 9.47 Å². The highest BCUT2D eigenvalue weighted by Gasteiger charge is 2.41. The molecule has 0 spiro atoms. The molecule has 2 aromatic carbocycles. The van der Waals surface area contributed by atoms with Crippen LogP contribution in [0.5, 0.6) is 0 Å². The lowest BCUT2D eigenvalue weighted by atomic mass is 10.0. The van der Waals surface area contributed by atoms with Gasteiger partial charge in [-0.05, 0) is 36.8 Å². The fourth-order valence-corrected chi connectivity index (χ4v) is 4.09. The number of methoxy groups -OCH3 is 2. The van der Waals surface area contributed by atoms with Crippen LogP contribution in [0.4, 0.5) is 5.69 Å². The third-order valence-electron chi connectivity index (χ3n) is 5.77. The molecule has 0 saturated heterocycles. The Labute approximate surface area is 194 Å². The van der Waals surface area contributed by atoms with Gasteiger partial charge in [0.15, 0.2) is 11.5 Å². The number of aromatic carboxylic acids is 1. The van der Waals surface area contributed by atoms with Gasteiger partial charge in [-0.15, -0.1) is 10.2 Å². The van der Waals surface area contributed by atoms with Crippen molar-refractivity contribution in [3.63, 3.8) is 0 Å². The van der Waals surface area contributed by atoms with Crippen molar-refractivity contribution in [1.29, 1.82) is 0 Å². The highest BCUT2D eigenvalue weighted by molar-refractivity contribution is 6.24. The molecule has 1 unspecified atom stereocenters. The van der Waals surface area contributed by atoms with E-state index in [0.29, 0.717) is 12.0 Å². The van der Waals surface area contributed by atoms with Gasteiger partial charge in [-0.1, -0.05) is 13.0 Å². The fraction of sp³-hybridized carbons (Fsp3) is 0.250. The Balaban J connectivity index is 1.72. The molecule has 174 valence electrons. The average Bonchev–Trinajstić information content (AvgIpc) is 3.25. The van der Waals surface area contributed by atoms with Gasteiger partial charge in [0.1, 0.15) is 0 Å². The lowest BCUT2D eigenvalue weighted by Crippen LogP contribution is -2.42. The Kier molecular flexibility index (Phi) is 6.08. The molecule has 1 aliphatic carbocycles. The molecular formula is C24H21N3O7. The lowest BCUT2D eigenvalue weighted by molar-refractivity contribution is 0.0465. The zero-order chi connectivity index (χ0) is 24.6. The number of hydrogen-bond donors (Lipinski definition) is 1. The van der Waals surface area contributed by atoms with Crippen LogP contribution in [0.1, 0.15) is 60.3 Å². The fourth-order valence-electron chi connectivity index (χ4n) is 4.09. The van der Waals surface area contributed by atoms with Crippen LogP contribution in [0.25, 0.3) is 5.76 Å². The zero-order valence-electron chi connectivity index (χ0n) is 18.7. The van der Waals surface area contributed by atoms with Gasteiger partial charge >= 0.3 is 5.97 Å². The number of Topliss-reactive ketones (excluding diaryl/α,β-unsaturated/α-hetero) is 1. The number of carbonyl (C=O) groups excluding carboxylic acids is 3. The Hall–Kier alpha value is -4.18. The molecule has 2 aliphatic rings. The first-order valence-corrected chi connectivity index (χ1v) is 10.5. The average molecular weight is 463 g/mol. The number of carboxylic acids is 1. The molecule has 0 radical (unpaired) electrons. The molecule has 34 heavy (non-hydrogen) atoms. The molecule has 0 aromatic heterocycles. The van der Waals surface area contributed by atoms with Gasteiger partial charge in [0.05, 0.1) is 42.1 Å². The number of nitrogens with zero attached hydrogens (tertiary/aromatic N) is 3. The van der Waals surface area contributed by atoms with Crippen LogP contribution in [0, 0.1) is 0 Å². The number of fused-ring (bicyclic) bond motifs is 2. The second kappa shape index (κ2) is 8.99. The Morgan fingerprint density at radius 1 is 1.03 bits per heavy atom. The first-order chi connectivity index (χ1) is 16.3. The maximum Gasteiger partial charge on any atom is 0.335 e. The number of carbonyl (C=O) groups is 4. The predicted molar refractivity (Wildman–Crippen MR) is 119 cm³/mol. The summed E-state index contributed by atoms with van der Waals surface area (Å²) in [6.45, 7) is 2.06. The first kappa shape index (κ1) is 23.0. The molecule has 2 aromatic rings. The minimum Gasteiger partial charge on any atom is -0.494 e. The van der Waals surface area contributed by atoms with E-state index in [0.717, 1.165) is 4.90 Å². The molecule has 4 rings (SSSR count). The maximum absolute atomic E-state index is 13.2. The third-order valence-corrected chi connectivity index (χ3v) is 5.77. The van der Waals surface area contributed by atoms with Crippen molar-refractivity contribution in [2.24, 2.45) is 10.2 Å². The van der Waals surface area contributed by atoms with Gasteiger partial charge in [-0.3, -0.25) is 19.3 Å². The van der Waals surface area contributed by atoms with Crippen molar-refractivity contribution in [3.8, 4) is 0 Å². The summed E-state index contributed by atoms with van der Waals surface area (Å²) in [6.07, 6.45) is 0.519. The minimum atomic E-state index is -1.17. The molecule has 10 nitrogen and oxygen atoms in total. The summed E-state index contributed by atoms with van der Waals surface area (Å²) in [6, 6.07) is 8.30. The molecule has 0 fully saturated rings. The van der Waals surface area contributed by atoms with Crippen molar-refractivity contribution in [2.45, 2.75) is 19.4 Å². The highest BCUT2D eigenvalue weighted by atomic mass is 16.5. The van der Waals surface area contributed by atoms with E-state index in [2.05, 4.69) is 10.2 Å². The largest absolute Gasteiger partial charge is 0.494 e. The summed E-state index contributed by atoms with van der Waals surface area (Å²) in [5.74, 6) is -2.53. The normalized spacial score (nSPS) is 15.9. The van der Waals surface area contributed by atoms with E-state index in [9.17, 15) is 24.3 Å². The molecule has 0 saturated carbocycles. The van der Waals surface area contributed by atoms with E-state index in [1.807, 2.05) is 6.92 Å². The van der Waals surface area contributed by atoms with E-state index in [1.54, 1.807) is 6.07 Å². The van der Waals surface area contributed by atoms with E-state index in [1.165, 1.54) is 44.6 Å². The van der Waals surface area contributed by atoms with Crippen LogP contribution in [-0.4, -0.2) is 60.4 Å². The standard InChI is InChI=1S/C24H21N3O7/c1-4-13(11-33-2)27-22(29)15-6-5-7-17(18(15)23(27)30)25-26-19-20(28)16-10-12(24(31)32)8-9-14(16)21(19)34-3/h5-10,13H,4,11H2,1-3H3,(H,31,32). The van der Waals surface area contributed by atoms with E-state index in [-0.39, 0.29) is 46.0 Å². The quantitative estimate of drug-likeness (QED) is 0.466. The number of hydrogen-bond acceptors (Lipinski definition) is 8. The van der Waals surface area contributed by atoms with Crippen LogP contribution in [0.15, 0.2) is 52.3 Å². The van der Waals surface area contributed by atoms with Crippen molar-refractivity contribution < 1.29 is 33.8 Å². The summed E-state index contributed by atoms with van der Waals surface area (Å²) in [5, 5.41) is 17.4. The van der Waals surface area contributed by atoms with Gasteiger partial charge in [0, 0.05) is 18.2 Å². The number of imide groups is 1. The van der Waals surface area contributed by atoms with Crippen molar-refractivity contribution >= 4 is 35.0 Å². The number of rotatable bonds is 8. The highest BCUT2D eigenvalue weighted by Crippen LogP contribution is 2.37. The topological polar surface area (TPSA) is 135 Å². The monoisotopic (exact) mass is 463 g/mol. The number of carboxylic acid groups (broad SMARTS) is 1. The van der Waals surface area contributed by atoms with Crippen LogP contribution < -0.4 is 0 Å². The van der Waals surface area contributed by atoms with E-state index >= 15 is 0 Å². The molecule has 1 heterocycles. The van der Waals surface area contributed by atoms with Gasteiger partial charge < -0.3 is 14.6 Å². The summed E-state index contributed by atoms with van der Waals surface area (Å²) in [7, 11) is 2.86. The lowest BCUT2D eigenvalue weighted by Gasteiger charge is -2.24. The number of ether oxygens (including phenoxy) is 2. The number of allylic oxidation sites excluding steroid dienone is 1. The molecule has 2 amide bonds. The predicted octanol–water partition coefficient (Wildman–Crippen LogP) is 3.70. The first-order valence-electron chi connectivity index (χ1n) is 10.5. The van der Waals surface area contributed by atoms with Gasteiger partial charge in [-0.2, -0.15) is 0 Å². The van der Waals surface area contributed by atoms with E-state index in [4.69, 9.17) is 9.47 Å². The summed E-state index contributed by atoms with van der Waals surface area (Å²) in [5.41, 5.74) is 0.776. The second-order valence-corrected chi connectivity index (χ2v) is 7.67. The SMILES string of the molecule is CCC(COC)N1C(=O)c2cccc(N=NC3=C(OC)c4ccc(C(=O)O)cc4C3=O)c2C1=O. The summed E-state index contributed by atoms with van der Waals surface area (Å²) < 4.78 is 10.5. The molecule has 1 N–H and O–H groups in total. The number of ketones is 1. The van der Waals surface area contributed by atoms with Crippen molar-refractivity contribution in [3.05, 3.63) is 69.9 Å². The second-order valence-electron chi connectivity index (χ2n) is 7.67. The molecular weight excluding hydrogens is 442 g/mol. The molecule has 1 atom stereocenters. The maximum atomic E-state index is 13.2. The summed E-state index contributed by atoms with van der Waals surface area (Å²) >= 11 is 0.